The zero-order valence-electron chi connectivity index (χ0n) is 17.5. The lowest BCUT2D eigenvalue weighted by Crippen LogP contribution is -2.38. The maximum Gasteiger partial charge on any atom is 0.340 e. The number of aryl methyl sites for hydroxylation is 1. The number of benzene rings is 2. The largest absolute Gasteiger partial charge is 0.379 e. The van der Waals surface area contributed by atoms with Gasteiger partial charge in [0.2, 0.25) is 5.91 Å². The van der Waals surface area contributed by atoms with Crippen LogP contribution in [0.5, 0.6) is 5.75 Å². The molecule has 1 amide bonds. The summed E-state index contributed by atoms with van der Waals surface area (Å²) < 4.78 is 41.6. The molecule has 2 aromatic carbocycles. The Morgan fingerprint density at radius 3 is 2.71 bits per heavy atom. The summed E-state index contributed by atoms with van der Waals surface area (Å²) >= 11 is 6.10. The Bertz CT molecular complexity index is 1000. The fourth-order valence-electron chi connectivity index (χ4n) is 3.52. The summed E-state index contributed by atoms with van der Waals surface area (Å²) in [6.07, 6.45) is 1.86. The lowest BCUT2D eigenvalue weighted by Gasteiger charge is -2.25. The highest BCUT2D eigenvalue weighted by atomic mass is 35.5. The van der Waals surface area contributed by atoms with Crippen LogP contribution in [0.15, 0.2) is 47.4 Å². The summed E-state index contributed by atoms with van der Waals surface area (Å²) in [6, 6.07) is 11.5. The second-order valence-corrected chi connectivity index (χ2v) is 9.30. The molecule has 3 rings (SSSR count). The molecule has 31 heavy (non-hydrogen) atoms. The van der Waals surface area contributed by atoms with Gasteiger partial charge in [-0.1, -0.05) is 35.9 Å². The smallest absolute Gasteiger partial charge is 0.340 e. The van der Waals surface area contributed by atoms with Gasteiger partial charge in [0.05, 0.1) is 11.1 Å². The Hall–Kier alpha value is -2.13. The van der Waals surface area contributed by atoms with E-state index in [0.29, 0.717) is 18.7 Å². The molecule has 0 N–H and O–H groups in total. The number of hydrogen-bond acceptors (Lipinski definition) is 6. The number of hydrogen-bond donors (Lipinski definition) is 0. The topological polar surface area (TPSA) is 82.1 Å². The van der Waals surface area contributed by atoms with Gasteiger partial charge in [0, 0.05) is 26.8 Å². The van der Waals surface area contributed by atoms with E-state index in [0.717, 1.165) is 18.4 Å². The van der Waals surface area contributed by atoms with E-state index < -0.39 is 10.1 Å². The minimum absolute atomic E-state index is 0.0104. The van der Waals surface area contributed by atoms with Crippen molar-refractivity contribution in [3.8, 4) is 5.75 Å². The van der Waals surface area contributed by atoms with Crippen LogP contribution in [0.2, 0.25) is 5.02 Å². The van der Waals surface area contributed by atoms with Gasteiger partial charge in [-0.25, -0.2) is 0 Å². The molecule has 0 saturated carbocycles. The van der Waals surface area contributed by atoms with Gasteiger partial charge in [0.15, 0.2) is 0 Å². The van der Waals surface area contributed by atoms with Crippen molar-refractivity contribution in [2.45, 2.75) is 37.3 Å². The standard InChI is InChI=1S/C22H26ClNO6S/c1-16-6-3-10-20(23)22(16)31(26,27)30-18-8-4-7-17(12-18)13-24(21(25)15-28-2)14-19-9-5-11-29-19/h3-4,6-8,10,12,19H,5,9,11,13-15H2,1-2H3/t19-/m1/s1. The first-order valence-corrected chi connectivity index (χ1v) is 11.8. The molecule has 168 valence electrons. The van der Waals surface area contributed by atoms with Gasteiger partial charge in [0.25, 0.3) is 0 Å². The van der Waals surface area contributed by atoms with Crippen LogP contribution in [-0.4, -0.2) is 52.2 Å². The van der Waals surface area contributed by atoms with Crippen molar-refractivity contribution in [2.75, 3.05) is 26.9 Å². The zero-order chi connectivity index (χ0) is 22.4. The Morgan fingerprint density at radius 1 is 1.26 bits per heavy atom. The second-order valence-electron chi connectivity index (χ2n) is 7.41. The van der Waals surface area contributed by atoms with E-state index >= 15 is 0 Å². The minimum atomic E-state index is -4.12. The summed E-state index contributed by atoms with van der Waals surface area (Å²) in [4.78, 5) is 14.1. The second kappa shape index (κ2) is 10.5. The first-order chi connectivity index (χ1) is 14.8. The van der Waals surface area contributed by atoms with E-state index in [4.69, 9.17) is 25.3 Å². The average molecular weight is 468 g/mol. The van der Waals surface area contributed by atoms with Crippen LogP contribution in [0.3, 0.4) is 0 Å². The third kappa shape index (κ3) is 6.20. The maximum absolute atomic E-state index is 12.8. The molecule has 0 aliphatic carbocycles. The highest BCUT2D eigenvalue weighted by Gasteiger charge is 2.25. The van der Waals surface area contributed by atoms with Crippen LogP contribution in [-0.2, 0) is 30.9 Å². The van der Waals surface area contributed by atoms with E-state index in [1.807, 2.05) is 6.07 Å². The van der Waals surface area contributed by atoms with Crippen LogP contribution < -0.4 is 4.18 Å². The Labute approximate surface area is 188 Å². The van der Waals surface area contributed by atoms with E-state index in [-0.39, 0.29) is 40.8 Å². The van der Waals surface area contributed by atoms with E-state index in [1.54, 1.807) is 42.2 Å². The van der Waals surface area contributed by atoms with Crippen LogP contribution in [0, 0.1) is 6.92 Å². The quantitative estimate of drug-likeness (QED) is 0.524. The van der Waals surface area contributed by atoms with E-state index in [2.05, 4.69) is 0 Å². The first kappa shape index (κ1) is 23.5. The predicted octanol–water partition coefficient (Wildman–Crippen LogP) is 3.57. The average Bonchev–Trinajstić information content (AvgIpc) is 3.20. The number of carbonyl (C=O) groups is 1. The normalized spacial score (nSPS) is 16.3. The highest BCUT2D eigenvalue weighted by molar-refractivity contribution is 7.87. The third-order valence-electron chi connectivity index (χ3n) is 4.96. The number of amides is 1. The Balaban J connectivity index is 1.78. The monoisotopic (exact) mass is 467 g/mol. The molecule has 9 heteroatoms. The molecule has 0 radical (unpaired) electrons. The van der Waals surface area contributed by atoms with E-state index in [1.165, 1.54) is 13.2 Å². The molecule has 1 atom stereocenters. The van der Waals surface area contributed by atoms with Crippen LogP contribution in [0.25, 0.3) is 0 Å². The fourth-order valence-corrected chi connectivity index (χ4v) is 5.24. The highest BCUT2D eigenvalue weighted by Crippen LogP contribution is 2.28. The summed E-state index contributed by atoms with van der Waals surface area (Å²) in [5, 5.41) is 0.101. The summed E-state index contributed by atoms with van der Waals surface area (Å²) in [5.74, 6) is -0.0169. The SMILES string of the molecule is COCC(=O)N(Cc1cccc(OS(=O)(=O)c2c(C)cccc2Cl)c1)C[C@H]1CCCO1. The first-order valence-electron chi connectivity index (χ1n) is 9.97. The number of methoxy groups -OCH3 is 1. The number of ether oxygens (including phenoxy) is 2. The molecule has 1 heterocycles. The molecular formula is C22H26ClNO6S. The number of carbonyl (C=O) groups excluding carboxylic acids is 1. The molecule has 0 bridgehead atoms. The number of nitrogens with zero attached hydrogens (tertiary/aromatic N) is 1. The summed E-state index contributed by atoms with van der Waals surface area (Å²) in [5.41, 5.74) is 1.22. The molecular weight excluding hydrogens is 442 g/mol. The summed E-state index contributed by atoms with van der Waals surface area (Å²) in [6.45, 7) is 3.04. The van der Waals surface area contributed by atoms with Crippen molar-refractivity contribution >= 4 is 27.6 Å². The molecule has 1 aliphatic heterocycles. The van der Waals surface area contributed by atoms with Crippen molar-refractivity contribution in [2.24, 2.45) is 0 Å². The van der Waals surface area contributed by atoms with Crippen molar-refractivity contribution in [3.63, 3.8) is 0 Å². The van der Waals surface area contributed by atoms with E-state index in [9.17, 15) is 13.2 Å². The minimum Gasteiger partial charge on any atom is -0.379 e. The molecule has 2 aromatic rings. The molecule has 7 nitrogen and oxygen atoms in total. The van der Waals surface area contributed by atoms with Gasteiger partial charge in [0.1, 0.15) is 17.3 Å². The molecule has 0 spiro atoms. The molecule has 1 saturated heterocycles. The van der Waals surface area contributed by atoms with Gasteiger partial charge < -0.3 is 18.6 Å². The maximum atomic E-state index is 12.8. The van der Waals surface area contributed by atoms with Gasteiger partial charge in [-0.3, -0.25) is 4.79 Å². The van der Waals surface area contributed by atoms with Crippen LogP contribution in [0.4, 0.5) is 0 Å². The predicted molar refractivity (Wildman–Crippen MR) is 117 cm³/mol. The number of rotatable bonds is 9. The molecule has 1 fully saturated rings. The number of halogens is 1. The molecule has 1 aliphatic rings. The van der Waals surface area contributed by atoms with Crippen molar-refractivity contribution in [3.05, 3.63) is 58.6 Å². The third-order valence-corrected chi connectivity index (χ3v) is 6.84. The van der Waals surface area contributed by atoms with Crippen molar-refractivity contribution in [1.29, 1.82) is 0 Å². The van der Waals surface area contributed by atoms with Crippen molar-refractivity contribution in [1.82, 2.24) is 4.90 Å². The lowest BCUT2D eigenvalue weighted by atomic mass is 10.1. The summed E-state index contributed by atoms with van der Waals surface area (Å²) in [7, 11) is -2.65. The zero-order valence-corrected chi connectivity index (χ0v) is 19.1. The van der Waals surface area contributed by atoms with Crippen LogP contribution >= 0.6 is 11.6 Å². The Morgan fingerprint density at radius 2 is 2.03 bits per heavy atom. The van der Waals surface area contributed by atoms with Crippen molar-refractivity contribution < 1.29 is 26.9 Å². The fraction of sp³-hybridized carbons (Fsp3) is 0.409. The van der Waals surface area contributed by atoms with Gasteiger partial charge >= 0.3 is 10.1 Å². The Kier molecular flexibility index (Phi) is 7.94. The van der Waals surface area contributed by atoms with Gasteiger partial charge in [-0.15, -0.1) is 0 Å². The van der Waals surface area contributed by atoms with Crippen LogP contribution in [0.1, 0.15) is 24.0 Å². The molecule has 0 aromatic heterocycles. The van der Waals surface area contributed by atoms with Gasteiger partial charge in [-0.05, 0) is 49.1 Å². The van der Waals surface area contributed by atoms with Gasteiger partial charge in [-0.2, -0.15) is 8.42 Å². The lowest BCUT2D eigenvalue weighted by molar-refractivity contribution is -0.137. The molecule has 0 unspecified atom stereocenters.